The third kappa shape index (κ3) is 6.31. The molecule has 0 fully saturated rings. The summed E-state index contributed by atoms with van der Waals surface area (Å²) < 4.78 is 0. The summed E-state index contributed by atoms with van der Waals surface area (Å²) in [6.45, 7) is 0. The maximum Gasteiger partial charge on any atom is 3.00 e. The number of carbonyl (C=O) groups excluding carboxylic acids is 2. The Kier molecular flexibility index (Phi) is 7.77. The fourth-order valence-electron chi connectivity index (χ4n) is 0.967. The molecule has 0 saturated carbocycles. The van der Waals surface area contributed by atoms with E-state index in [2.05, 4.69) is 9.97 Å². The van der Waals surface area contributed by atoms with Gasteiger partial charge in [-0.3, -0.25) is 9.97 Å². The minimum Gasteiger partial charge on any atom is -0.543 e. The first-order valence-electron chi connectivity index (χ1n) is 4.86. The van der Waals surface area contributed by atoms with E-state index in [0.717, 1.165) is 0 Å². The third-order valence-electron chi connectivity index (χ3n) is 1.75. The number of nitrogens with zero attached hydrogens (tertiary/aromatic N) is 2. The number of carbonyl (C=O) groups is 2. The average molecular weight is 296 g/mol. The summed E-state index contributed by atoms with van der Waals surface area (Å²) in [5.74, 6) is -2.48. The SMILES string of the molecule is O=C([O-])c1ccccn1.O=C([O-])c1ccccn1.[Cr+3]. The molecule has 2 aromatic heterocycles. The van der Waals surface area contributed by atoms with Crippen LogP contribution in [0.15, 0.2) is 48.8 Å². The molecule has 2 aromatic rings. The van der Waals surface area contributed by atoms with Crippen molar-refractivity contribution in [3.8, 4) is 0 Å². The predicted molar refractivity (Wildman–Crippen MR) is 57.1 cm³/mol. The van der Waals surface area contributed by atoms with Crippen molar-refractivity contribution in [1.29, 1.82) is 0 Å². The Bertz CT molecular complexity index is 470. The molecular formula is C12H8CrN2O4+. The second kappa shape index (κ2) is 8.80. The molecule has 0 spiro atoms. The summed E-state index contributed by atoms with van der Waals surface area (Å²) in [6.07, 6.45) is 2.82. The summed E-state index contributed by atoms with van der Waals surface area (Å²) in [6, 6.07) is 9.25. The quantitative estimate of drug-likeness (QED) is 0.695. The number of pyridine rings is 2. The first-order valence-corrected chi connectivity index (χ1v) is 4.86. The molecule has 2 heterocycles. The smallest absolute Gasteiger partial charge is 0.543 e. The fraction of sp³-hybridized carbons (Fsp3) is 0. The zero-order valence-electron chi connectivity index (χ0n) is 9.55. The van der Waals surface area contributed by atoms with E-state index in [9.17, 15) is 19.8 Å². The van der Waals surface area contributed by atoms with Gasteiger partial charge < -0.3 is 19.8 Å². The molecule has 95 valence electrons. The van der Waals surface area contributed by atoms with Gasteiger partial charge in [-0.25, -0.2) is 0 Å². The van der Waals surface area contributed by atoms with Gasteiger partial charge in [-0.2, -0.15) is 0 Å². The van der Waals surface area contributed by atoms with Crippen LogP contribution >= 0.6 is 0 Å². The van der Waals surface area contributed by atoms with Gasteiger partial charge in [0.25, 0.3) is 0 Å². The molecule has 6 nitrogen and oxygen atoms in total. The predicted octanol–water partition coefficient (Wildman–Crippen LogP) is -1.11. The van der Waals surface area contributed by atoms with Crippen molar-refractivity contribution in [2.45, 2.75) is 0 Å². The molecule has 0 aromatic carbocycles. The maximum atomic E-state index is 10.0. The standard InChI is InChI=1S/2C6H5NO2.Cr/c2*8-6(9)5-3-1-2-4-7-5;/h2*1-4H,(H,8,9);/q;;+3/p-2. The van der Waals surface area contributed by atoms with E-state index in [1.165, 1.54) is 24.5 Å². The van der Waals surface area contributed by atoms with Crippen molar-refractivity contribution in [2.24, 2.45) is 0 Å². The molecule has 0 saturated heterocycles. The van der Waals surface area contributed by atoms with Gasteiger partial charge in [-0.05, 0) is 24.3 Å². The number of carboxylic acids is 2. The van der Waals surface area contributed by atoms with E-state index < -0.39 is 11.9 Å². The van der Waals surface area contributed by atoms with E-state index in [1.807, 2.05) is 0 Å². The van der Waals surface area contributed by atoms with Crippen molar-refractivity contribution < 1.29 is 37.2 Å². The molecule has 7 heteroatoms. The summed E-state index contributed by atoms with van der Waals surface area (Å²) in [5.41, 5.74) is -0.0602. The number of aromatic nitrogens is 2. The minimum absolute atomic E-state index is 0. The van der Waals surface area contributed by atoms with Crippen LogP contribution in [-0.2, 0) is 17.4 Å². The van der Waals surface area contributed by atoms with Gasteiger partial charge >= 0.3 is 17.4 Å². The molecule has 0 aliphatic carbocycles. The zero-order chi connectivity index (χ0) is 13.4. The van der Waals surface area contributed by atoms with Crippen LogP contribution in [-0.4, -0.2) is 21.9 Å². The third-order valence-corrected chi connectivity index (χ3v) is 1.75. The molecule has 0 bridgehead atoms. The maximum absolute atomic E-state index is 10.0. The van der Waals surface area contributed by atoms with Crippen molar-refractivity contribution in [2.75, 3.05) is 0 Å². The second-order valence-electron chi connectivity index (χ2n) is 3.00. The first-order chi connectivity index (χ1) is 8.61. The molecule has 19 heavy (non-hydrogen) atoms. The largest absolute Gasteiger partial charge is 3.00 e. The van der Waals surface area contributed by atoms with Crippen molar-refractivity contribution in [3.05, 3.63) is 60.2 Å². The van der Waals surface area contributed by atoms with Crippen LogP contribution in [0, 0.1) is 0 Å². The molecule has 0 N–H and O–H groups in total. The Morgan fingerprint density at radius 3 is 1.32 bits per heavy atom. The zero-order valence-corrected chi connectivity index (χ0v) is 10.8. The molecule has 1 radical (unpaired) electrons. The van der Waals surface area contributed by atoms with Crippen LogP contribution in [0.2, 0.25) is 0 Å². The van der Waals surface area contributed by atoms with Gasteiger partial charge in [0.1, 0.15) is 0 Å². The topological polar surface area (TPSA) is 106 Å². The van der Waals surface area contributed by atoms with Crippen LogP contribution in [0.1, 0.15) is 21.0 Å². The van der Waals surface area contributed by atoms with Gasteiger partial charge in [-0.15, -0.1) is 0 Å². The van der Waals surface area contributed by atoms with Gasteiger partial charge in [0.2, 0.25) is 0 Å². The normalized spacial score (nSPS) is 8.42. The molecular weight excluding hydrogens is 288 g/mol. The molecule has 0 amide bonds. The second-order valence-corrected chi connectivity index (χ2v) is 3.00. The van der Waals surface area contributed by atoms with Crippen LogP contribution in [0.5, 0.6) is 0 Å². The average Bonchev–Trinajstić information content (AvgIpc) is 2.41. The van der Waals surface area contributed by atoms with Crippen molar-refractivity contribution >= 4 is 11.9 Å². The van der Waals surface area contributed by atoms with Crippen LogP contribution in [0.25, 0.3) is 0 Å². The number of hydrogen-bond acceptors (Lipinski definition) is 6. The van der Waals surface area contributed by atoms with Gasteiger partial charge in [-0.1, -0.05) is 12.1 Å². The fourth-order valence-corrected chi connectivity index (χ4v) is 0.967. The van der Waals surface area contributed by atoms with E-state index in [4.69, 9.17) is 0 Å². The van der Waals surface area contributed by atoms with Gasteiger partial charge in [0.15, 0.2) is 0 Å². The summed E-state index contributed by atoms with van der Waals surface area (Å²) in [5, 5.41) is 20.1. The number of hydrogen-bond donors (Lipinski definition) is 0. The molecule has 0 atom stereocenters. The number of rotatable bonds is 2. The van der Waals surface area contributed by atoms with Crippen LogP contribution in [0.4, 0.5) is 0 Å². The minimum atomic E-state index is -1.24. The van der Waals surface area contributed by atoms with Crippen LogP contribution in [0.3, 0.4) is 0 Å². The van der Waals surface area contributed by atoms with E-state index in [-0.39, 0.29) is 28.7 Å². The molecule has 0 unspecified atom stereocenters. The molecule has 0 aliphatic heterocycles. The number of aromatic carboxylic acids is 2. The van der Waals surface area contributed by atoms with Crippen LogP contribution < -0.4 is 10.2 Å². The van der Waals surface area contributed by atoms with Gasteiger partial charge in [0, 0.05) is 12.4 Å². The van der Waals surface area contributed by atoms with Gasteiger partial charge in [0.05, 0.1) is 23.3 Å². The molecule has 2 rings (SSSR count). The summed E-state index contributed by atoms with van der Waals surface area (Å²) >= 11 is 0. The number of carboxylic acid groups (broad SMARTS) is 2. The Morgan fingerprint density at radius 1 is 0.789 bits per heavy atom. The van der Waals surface area contributed by atoms with E-state index in [1.54, 1.807) is 24.3 Å². The Labute approximate surface area is 119 Å². The Balaban J connectivity index is 0.000000324. The monoisotopic (exact) mass is 296 g/mol. The van der Waals surface area contributed by atoms with E-state index in [0.29, 0.717) is 0 Å². The van der Waals surface area contributed by atoms with E-state index >= 15 is 0 Å². The molecule has 0 aliphatic rings. The first kappa shape index (κ1) is 16.8. The summed E-state index contributed by atoms with van der Waals surface area (Å²) in [4.78, 5) is 27.1. The Morgan fingerprint density at radius 2 is 1.16 bits per heavy atom. The van der Waals surface area contributed by atoms with Crippen molar-refractivity contribution in [3.63, 3.8) is 0 Å². The summed E-state index contributed by atoms with van der Waals surface area (Å²) in [7, 11) is 0. The Hall–Kier alpha value is -2.23. The van der Waals surface area contributed by atoms with Crippen molar-refractivity contribution in [1.82, 2.24) is 9.97 Å².